The second-order valence-electron chi connectivity index (χ2n) is 4.63. The van der Waals surface area contributed by atoms with Crippen LogP contribution in [-0.4, -0.2) is 42.0 Å². The van der Waals surface area contributed by atoms with E-state index in [0.29, 0.717) is 5.13 Å². The average molecular weight is 276 g/mol. The molecule has 1 aliphatic heterocycles. The van der Waals surface area contributed by atoms with Gasteiger partial charge in [0.05, 0.1) is 10.2 Å². The van der Waals surface area contributed by atoms with Crippen molar-refractivity contribution in [3.05, 3.63) is 23.8 Å². The summed E-state index contributed by atoms with van der Waals surface area (Å²) in [4.78, 5) is 18.6. The highest BCUT2D eigenvalue weighted by molar-refractivity contribution is 7.22. The number of carbonyl (C=O) groups is 1. The summed E-state index contributed by atoms with van der Waals surface area (Å²) in [6.45, 7) is 3.42. The number of nitrogens with zero attached hydrogens (tertiary/aromatic N) is 2. The third-order valence-corrected chi connectivity index (χ3v) is 4.13. The molecule has 19 heavy (non-hydrogen) atoms. The van der Waals surface area contributed by atoms with Crippen molar-refractivity contribution in [2.45, 2.75) is 6.42 Å². The molecule has 1 saturated heterocycles. The van der Waals surface area contributed by atoms with Crippen LogP contribution < -0.4 is 11.1 Å². The Kier molecular flexibility index (Phi) is 3.35. The second kappa shape index (κ2) is 5.14. The van der Waals surface area contributed by atoms with Gasteiger partial charge in [0.15, 0.2) is 5.13 Å². The van der Waals surface area contributed by atoms with Gasteiger partial charge in [-0.1, -0.05) is 11.3 Å². The summed E-state index contributed by atoms with van der Waals surface area (Å²) in [5.41, 5.74) is 7.26. The summed E-state index contributed by atoms with van der Waals surface area (Å²) in [6.07, 6.45) is 1.00. The second-order valence-corrected chi connectivity index (χ2v) is 5.69. The monoisotopic (exact) mass is 276 g/mol. The van der Waals surface area contributed by atoms with Gasteiger partial charge in [0.1, 0.15) is 0 Å². The summed E-state index contributed by atoms with van der Waals surface area (Å²) >= 11 is 1.42. The van der Waals surface area contributed by atoms with E-state index in [1.54, 1.807) is 0 Å². The van der Waals surface area contributed by atoms with Crippen LogP contribution in [0.25, 0.3) is 10.2 Å². The number of nitrogens with two attached hydrogens (primary N) is 1. The zero-order valence-electron chi connectivity index (χ0n) is 10.6. The first-order chi connectivity index (χ1) is 9.24. The molecule has 6 heteroatoms. The molecule has 100 valence electrons. The van der Waals surface area contributed by atoms with E-state index in [-0.39, 0.29) is 5.91 Å². The molecule has 1 aromatic heterocycles. The first-order valence-corrected chi connectivity index (χ1v) is 7.22. The topological polar surface area (TPSA) is 71.2 Å². The molecule has 0 unspecified atom stereocenters. The maximum atomic E-state index is 12.5. The van der Waals surface area contributed by atoms with E-state index in [4.69, 9.17) is 5.73 Å². The van der Waals surface area contributed by atoms with Crippen LogP contribution >= 0.6 is 11.3 Å². The van der Waals surface area contributed by atoms with Crippen LogP contribution in [0.4, 0.5) is 5.13 Å². The summed E-state index contributed by atoms with van der Waals surface area (Å²) in [7, 11) is 0. The van der Waals surface area contributed by atoms with Crippen LogP contribution in [0.3, 0.4) is 0 Å². The molecule has 0 radical (unpaired) electrons. The number of anilines is 1. The van der Waals surface area contributed by atoms with E-state index in [1.165, 1.54) is 11.3 Å². The Labute approximate surface area is 115 Å². The number of benzene rings is 1. The van der Waals surface area contributed by atoms with Crippen molar-refractivity contribution < 1.29 is 4.79 Å². The fraction of sp³-hybridized carbons (Fsp3) is 0.385. The molecule has 2 heterocycles. The average Bonchev–Trinajstić information content (AvgIpc) is 2.63. The third kappa shape index (κ3) is 2.54. The Morgan fingerprint density at radius 2 is 2.26 bits per heavy atom. The molecule has 1 aromatic carbocycles. The molecule has 3 N–H and O–H groups in total. The molecule has 1 aliphatic rings. The number of fused-ring (bicyclic) bond motifs is 1. The minimum Gasteiger partial charge on any atom is -0.375 e. The van der Waals surface area contributed by atoms with E-state index in [9.17, 15) is 4.79 Å². The molecule has 5 nitrogen and oxygen atoms in total. The van der Waals surface area contributed by atoms with Gasteiger partial charge in [0.25, 0.3) is 5.91 Å². The summed E-state index contributed by atoms with van der Waals surface area (Å²) < 4.78 is 0.969. The van der Waals surface area contributed by atoms with Crippen LogP contribution in [0.5, 0.6) is 0 Å². The van der Waals surface area contributed by atoms with Crippen LogP contribution in [0.15, 0.2) is 18.2 Å². The molecular weight excluding hydrogens is 260 g/mol. The van der Waals surface area contributed by atoms with E-state index < -0.39 is 0 Å². The van der Waals surface area contributed by atoms with Crippen LogP contribution in [0, 0.1) is 0 Å². The quantitative estimate of drug-likeness (QED) is 0.824. The Hall–Kier alpha value is -1.66. The van der Waals surface area contributed by atoms with E-state index in [0.717, 1.165) is 48.4 Å². The van der Waals surface area contributed by atoms with Gasteiger partial charge in [0, 0.05) is 25.2 Å². The Morgan fingerprint density at radius 3 is 3.16 bits per heavy atom. The molecule has 0 spiro atoms. The first kappa shape index (κ1) is 12.4. The lowest BCUT2D eigenvalue weighted by Crippen LogP contribution is -2.34. The highest BCUT2D eigenvalue weighted by atomic mass is 32.1. The molecule has 2 aromatic rings. The Morgan fingerprint density at radius 1 is 1.37 bits per heavy atom. The molecule has 1 fully saturated rings. The zero-order valence-corrected chi connectivity index (χ0v) is 11.4. The number of hydrogen-bond acceptors (Lipinski definition) is 5. The summed E-state index contributed by atoms with van der Waals surface area (Å²) in [5.74, 6) is 0.0950. The lowest BCUT2D eigenvalue weighted by molar-refractivity contribution is 0.0766. The van der Waals surface area contributed by atoms with Gasteiger partial charge >= 0.3 is 0 Å². The minimum atomic E-state index is 0.0950. The van der Waals surface area contributed by atoms with Crippen molar-refractivity contribution in [3.63, 3.8) is 0 Å². The molecule has 0 bridgehead atoms. The SMILES string of the molecule is Nc1nc2ccc(C(=O)N3CCCNCC3)cc2s1. The van der Waals surface area contributed by atoms with Crippen molar-refractivity contribution >= 4 is 32.6 Å². The van der Waals surface area contributed by atoms with Gasteiger partial charge in [-0.2, -0.15) is 0 Å². The predicted octanol–water partition coefficient (Wildman–Crippen LogP) is 1.31. The molecule has 1 amide bonds. The van der Waals surface area contributed by atoms with Gasteiger partial charge in [-0.05, 0) is 31.2 Å². The van der Waals surface area contributed by atoms with Crippen LogP contribution in [-0.2, 0) is 0 Å². The lowest BCUT2D eigenvalue weighted by atomic mass is 10.2. The Balaban J connectivity index is 1.87. The maximum Gasteiger partial charge on any atom is 0.253 e. The number of nitrogens with one attached hydrogen (secondary N) is 1. The largest absolute Gasteiger partial charge is 0.375 e. The first-order valence-electron chi connectivity index (χ1n) is 6.40. The van der Waals surface area contributed by atoms with Crippen molar-refractivity contribution in [1.29, 1.82) is 0 Å². The van der Waals surface area contributed by atoms with Crippen molar-refractivity contribution in [2.75, 3.05) is 31.9 Å². The van der Waals surface area contributed by atoms with Crippen LogP contribution in [0.1, 0.15) is 16.8 Å². The number of nitrogen functional groups attached to an aromatic ring is 1. The van der Waals surface area contributed by atoms with Gasteiger partial charge < -0.3 is 16.0 Å². The molecule has 0 saturated carbocycles. The lowest BCUT2D eigenvalue weighted by Gasteiger charge is -2.19. The fourth-order valence-corrected chi connectivity index (χ4v) is 3.08. The number of rotatable bonds is 1. The highest BCUT2D eigenvalue weighted by Gasteiger charge is 2.17. The predicted molar refractivity (Wildman–Crippen MR) is 77.4 cm³/mol. The standard InChI is InChI=1S/C13H16N4OS/c14-13-16-10-3-2-9(8-11(10)19-13)12(18)17-6-1-4-15-5-7-17/h2-3,8,15H,1,4-7H2,(H2,14,16). The van der Waals surface area contributed by atoms with Crippen molar-refractivity contribution in [1.82, 2.24) is 15.2 Å². The summed E-state index contributed by atoms with van der Waals surface area (Å²) in [5, 5.41) is 3.84. The maximum absolute atomic E-state index is 12.5. The van der Waals surface area contributed by atoms with E-state index >= 15 is 0 Å². The minimum absolute atomic E-state index is 0.0950. The van der Waals surface area contributed by atoms with E-state index in [1.807, 2.05) is 23.1 Å². The fourth-order valence-electron chi connectivity index (χ4n) is 2.31. The van der Waals surface area contributed by atoms with Crippen LogP contribution in [0.2, 0.25) is 0 Å². The highest BCUT2D eigenvalue weighted by Crippen LogP contribution is 2.25. The molecular formula is C13H16N4OS. The summed E-state index contributed by atoms with van der Waals surface area (Å²) in [6, 6.07) is 5.59. The van der Waals surface area contributed by atoms with Crippen molar-refractivity contribution in [2.24, 2.45) is 0 Å². The Bertz CT molecular complexity index is 602. The third-order valence-electron chi connectivity index (χ3n) is 3.28. The van der Waals surface area contributed by atoms with Crippen molar-refractivity contribution in [3.8, 4) is 0 Å². The molecule has 3 rings (SSSR count). The number of amides is 1. The molecule has 0 atom stereocenters. The van der Waals surface area contributed by atoms with Gasteiger partial charge in [-0.3, -0.25) is 4.79 Å². The van der Waals surface area contributed by atoms with E-state index in [2.05, 4.69) is 10.3 Å². The van der Waals surface area contributed by atoms with Gasteiger partial charge in [-0.15, -0.1) is 0 Å². The van der Waals surface area contributed by atoms with Gasteiger partial charge in [-0.25, -0.2) is 4.98 Å². The number of thiazole rings is 1. The number of hydrogen-bond donors (Lipinski definition) is 2. The molecule has 0 aliphatic carbocycles. The number of aromatic nitrogens is 1. The zero-order chi connectivity index (χ0) is 13.2. The normalized spacial score (nSPS) is 16.5. The number of carbonyl (C=O) groups excluding carboxylic acids is 1. The van der Waals surface area contributed by atoms with Gasteiger partial charge in [0.2, 0.25) is 0 Å². The smallest absolute Gasteiger partial charge is 0.253 e.